The summed E-state index contributed by atoms with van der Waals surface area (Å²) in [5.74, 6) is 0. The minimum Gasteiger partial charge on any atom is -0.302 e. The van der Waals surface area contributed by atoms with Crippen LogP contribution in [0.5, 0.6) is 0 Å². The van der Waals surface area contributed by atoms with E-state index in [1.807, 2.05) is 6.07 Å². The molecule has 0 bridgehead atoms. The summed E-state index contributed by atoms with van der Waals surface area (Å²) in [5, 5.41) is 14.1. The molecule has 90 valence electrons. The molecule has 1 unspecified atom stereocenters. The first kappa shape index (κ1) is 10.7. The molecule has 3 rings (SSSR count). The number of fused-ring (bicyclic) bond motifs is 1. The van der Waals surface area contributed by atoms with Gasteiger partial charge in [-0.1, -0.05) is 6.07 Å². The van der Waals surface area contributed by atoms with Crippen LogP contribution < -0.4 is 5.32 Å². The number of nitrogens with one attached hydrogen (secondary N) is 1. The summed E-state index contributed by atoms with van der Waals surface area (Å²) in [5.41, 5.74) is 2.73. The van der Waals surface area contributed by atoms with Gasteiger partial charge in [-0.25, -0.2) is 0 Å². The van der Waals surface area contributed by atoms with E-state index in [9.17, 15) is 10.1 Å². The average Bonchev–Trinajstić information content (AvgIpc) is 2.82. The van der Waals surface area contributed by atoms with E-state index in [-0.39, 0.29) is 16.1 Å². The molecule has 1 aliphatic carbocycles. The molecular formula is C12H15N3O2. The van der Waals surface area contributed by atoms with Gasteiger partial charge in [-0.2, -0.15) is 0 Å². The van der Waals surface area contributed by atoms with Crippen LogP contribution in [0, 0.1) is 10.1 Å². The number of hydrogen-bond acceptors (Lipinski definition) is 4. The number of nitro benzene ring substituents is 1. The maximum atomic E-state index is 10.8. The quantitative estimate of drug-likeness (QED) is 0.579. The SMILES string of the molecule is CN1CNCC12Cc1ccc([N+](=O)[O-])cc1C2. The molecule has 1 spiro atoms. The lowest BCUT2D eigenvalue weighted by atomic mass is 9.96. The maximum Gasteiger partial charge on any atom is 0.269 e. The summed E-state index contributed by atoms with van der Waals surface area (Å²) in [6.07, 6.45) is 1.90. The lowest BCUT2D eigenvalue weighted by Gasteiger charge is -2.30. The zero-order chi connectivity index (χ0) is 12.0. The topological polar surface area (TPSA) is 58.4 Å². The van der Waals surface area contributed by atoms with Crippen LogP contribution in [0.25, 0.3) is 0 Å². The van der Waals surface area contributed by atoms with Crippen molar-refractivity contribution >= 4 is 5.69 Å². The van der Waals surface area contributed by atoms with Crippen molar-refractivity contribution in [2.75, 3.05) is 20.3 Å². The highest BCUT2D eigenvalue weighted by Crippen LogP contribution is 2.36. The standard InChI is InChI=1S/C12H15N3O2/c1-14-8-13-7-12(14)5-9-2-3-11(15(16)17)4-10(9)6-12/h2-4,13H,5-8H2,1H3. The second kappa shape index (κ2) is 3.51. The van der Waals surface area contributed by atoms with Crippen LogP contribution in [0.4, 0.5) is 5.69 Å². The number of nitro groups is 1. The number of hydrogen-bond donors (Lipinski definition) is 1. The zero-order valence-corrected chi connectivity index (χ0v) is 9.77. The normalized spacial score (nSPS) is 27.6. The number of non-ortho nitro benzene ring substituents is 1. The Morgan fingerprint density at radius 2 is 2.18 bits per heavy atom. The molecule has 0 amide bonds. The minimum absolute atomic E-state index is 0.136. The summed E-state index contributed by atoms with van der Waals surface area (Å²) in [6, 6.07) is 5.25. The van der Waals surface area contributed by atoms with E-state index in [1.165, 1.54) is 5.56 Å². The molecule has 0 aromatic heterocycles. The van der Waals surface area contributed by atoms with Crippen LogP contribution in [-0.2, 0) is 12.8 Å². The zero-order valence-electron chi connectivity index (χ0n) is 9.77. The molecule has 1 aliphatic heterocycles. The van der Waals surface area contributed by atoms with Crippen LogP contribution in [0.2, 0.25) is 0 Å². The number of likely N-dealkylation sites (N-methyl/N-ethyl adjacent to an activating group) is 1. The van der Waals surface area contributed by atoms with E-state index in [0.717, 1.165) is 31.6 Å². The Morgan fingerprint density at radius 1 is 1.41 bits per heavy atom. The summed E-state index contributed by atoms with van der Waals surface area (Å²) in [7, 11) is 2.11. The predicted molar refractivity (Wildman–Crippen MR) is 63.9 cm³/mol. The molecule has 1 heterocycles. The van der Waals surface area contributed by atoms with Crippen LogP contribution in [0.15, 0.2) is 18.2 Å². The molecule has 1 saturated heterocycles. The monoisotopic (exact) mass is 233 g/mol. The van der Waals surface area contributed by atoms with Gasteiger partial charge in [0.2, 0.25) is 0 Å². The van der Waals surface area contributed by atoms with Gasteiger partial charge in [0.15, 0.2) is 0 Å². The molecule has 0 saturated carbocycles. The average molecular weight is 233 g/mol. The van der Waals surface area contributed by atoms with Crippen molar-refractivity contribution < 1.29 is 4.92 Å². The number of benzene rings is 1. The molecule has 2 aliphatic rings. The van der Waals surface area contributed by atoms with E-state index in [4.69, 9.17) is 0 Å². The Morgan fingerprint density at radius 3 is 2.82 bits per heavy atom. The fraction of sp³-hybridized carbons (Fsp3) is 0.500. The second-order valence-electron chi connectivity index (χ2n) is 5.07. The maximum absolute atomic E-state index is 10.8. The van der Waals surface area contributed by atoms with Gasteiger partial charge in [0.05, 0.1) is 4.92 Å². The first-order chi connectivity index (χ1) is 8.11. The smallest absolute Gasteiger partial charge is 0.269 e. The van der Waals surface area contributed by atoms with Gasteiger partial charge in [-0.15, -0.1) is 0 Å². The number of rotatable bonds is 1. The molecule has 0 radical (unpaired) electrons. The lowest BCUT2D eigenvalue weighted by Crippen LogP contribution is -2.44. The van der Waals surface area contributed by atoms with Gasteiger partial charge in [0.25, 0.3) is 5.69 Å². The molecule has 5 nitrogen and oxygen atoms in total. The first-order valence-electron chi connectivity index (χ1n) is 5.79. The van der Waals surface area contributed by atoms with Crippen molar-refractivity contribution in [2.24, 2.45) is 0 Å². The van der Waals surface area contributed by atoms with Gasteiger partial charge in [-0.3, -0.25) is 15.0 Å². The van der Waals surface area contributed by atoms with E-state index in [0.29, 0.717) is 0 Å². The largest absolute Gasteiger partial charge is 0.302 e. The van der Waals surface area contributed by atoms with Crippen molar-refractivity contribution in [1.29, 1.82) is 0 Å². The van der Waals surface area contributed by atoms with Gasteiger partial charge in [-0.05, 0) is 31.0 Å². The minimum atomic E-state index is -0.318. The third-order valence-corrected chi connectivity index (χ3v) is 4.05. The second-order valence-corrected chi connectivity index (χ2v) is 5.07. The van der Waals surface area contributed by atoms with Crippen molar-refractivity contribution in [1.82, 2.24) is 10.2 Å². The van der Waals surface area contributed by atoms with Crippen molar-refractivity contribution in [3.05, 3.63) is 39.4 Å². The fourth-order valence-corrected chi connectivity index (χ4v) is 2.99. The summed E-state index contributed by atoms with van der Waals surface area (Å²) in [6.45, 7) is 1.86. The Labute approximate surface area is 99.6 Å². The van der Waals surface area contributed by atoms with Crippen LogP contribution in [-0.4, -0.2) is 35.6 Å². The molecule has 1 aromatic rings. The van der Waals surface area contributed by atoms with E-state index < -0.39 is 0 Å². The van der Waals surface area contributed by atoms with E-state index >= 15 is 0 Å². The van der Waals surface area contributed by atoms with Gasteiger partial charge < -0.3 is 5.32 Å². The van der Waals surface area contributed by atoms with Gasteiger partial charge >= 0.3 is 0 Å². The Balaban J connectivity index is 1.95. The molecular weight excluding hydrogens is 218 g/mol. The number of nitrogens with zero attached hydrogens (tertiary/aromatic N) is 2. The highest BCUT2D eigenvalue weighted by Gasteiger charge is 2.43. The van der Waals surface area contributed by atoms with Crippen LogP contribution in [0.3, 0.4) is 0 Å². The van der Waals surface area contributed by atoms with E-state index in [2.05, 4.69) is 17.3 Å². The summed E-state index contributed by atoms with van der Waals surface area (Å²) in [4.78, 5) is 12.8. The Bertz CT molecular complexity index is 489. The fourth-order valence-electron chi connectivity index (χ4n) is 2.99. The molecule has 1 atom stereocenters. The lowest BCUT2D eigenvalue weighted by molar-refractivity contribution is -0.384. The molecule has 17 heavy (non-hydrogen) atoms. The van der Waals surface area contributed by atoms with Crippen LogP contribution >= 0.6 is 0 Å². The van der Waals surface area contributed by atoms with Gasteiger partial charge in [0, 0.05) is 30.9 Å². The molecule has 1 fully saturated rings. The highest BCUT2D eigenvalue weighted by atomic mass is 16.6. The summed E-state index contributed by atoms with van der Waals surface area (Å²) >= 11 is 0. The summed E-state index contributed by atoms with van der Waals surface area (Å²) < 4.78 is 0. The first-order valence-corrected chi connectivity index (χ1v) is 5.79. The molecule has 1 N–H and O–H groups in total. The third kappa shape index (κ3) is 1.54. The predicted octanol–water partition coefficient (Wildman–Crippen LogP) is 0.925. The van der Waals surface area contributed by atoms with Crippen molar-refractivity contribution in [3.63, 3.8) is 0 Å². The van der Waals surface area contributed by atoms with Crippen LogP contribution in [0.1, 0.15) is 11.1 Å². The van der Waals surface area contributed by atoms with Crippen molar-refractivity contribution in [3.8, 4) is 0 Å². The Kier molecular flexibility index (Phi) is 2.21. The van der Waals surface area contributed by atoms with Gasteiger partial charge in [0.1, 0.15) is 0 Å². The Hall–Kier alpha value is -1.46. The molecule has 1 aromatic carbocycles. The van der Waals surface area contributed by atoms with E-state index in [1.54, 1.807) is 12.1 Å². The van der Waals surface area contributed by atoms with Crippen molar-refractivity contribution in [2.45, 2.75) is 18.4 Å². The third-order valence-electron chi connectivity index (χ3n) is 4.05. The molecule has 5 heteroatoms. The highest BCUT2D eigenvalue weighted by molar-refractivity contribution is 5.45.